The lowest BCUT2D eigenvalue weighted by Gasteiger charge is -2.28. The van der Waals surface area contributed by atoms with Crippen LogP contribution in [0.15, 0.2) is 36.5 Å². The first-order chi connectivity index (χ1) is 28.0. The van der Waals surface area contributed by atoms with Crippen LogP contribution in [0.5, 0.6) is 0 Å². The molecule has 0 rings (SSSR count). The van der Waals surface area contributed by atoms with Gasteiger partial charge in [-0.15, -0.1) is 0 Å². The summed E-state index contributed by atoms with van der Waals surface area (Å²) in [4.78, 5) is 37.6. The SMILES string of the molecule is CCCCC/C=C/C/C=C/CCCCCCCCCCCC(=O)O[C@H](COC(=O)CCCCC/C=C/CCCCCCCCCC)COP(=O)([O-])OCC[N+](C)(C)C. The zero-order valence-electron chi connectivity index (χ0n) is 38.2. The second kappa shape index (κ2) is 40.6. The molecule has 0 saturated heterocycles. The van der Waals surface area contributed by atoms with Gasteiger partial charge in [-0.05, 0) is 70.6 Å². The number of quaternary nitrogens is 1. The Balaban J connectivity index is 4.33. The van der Waals surface area contributed by atoms with Gasteiger partial charge in [0.1, 0.15) is 19.8 Å². The molecule has 58 heavy (non-hydrogen) atoms. The summed E-state index contributed by atoms with van der Waals surface area (Å²) in [5.74, 6) is -0.854. The van der Waals surface area contributed by atoms with E-state index in [4.69, 9.17) is 18.5 Å². The average molecular weight is 840 g/mol. The van der Waals surface area contributed by atoms with Gasteiger partial charge in [-0.3, -0.25) is 14.2 Å². The van der Waals surface area contributed by atoms with Gasteiger partial charge in [0.2, 0.25) is 0 Å². The summed E-state index contributed by atoms with van der Waals surface area (Å²) in [6, 6.07) is 0. The molecule has 0 aromatic heterocycles. The van der Waals surface area contributed by atoms with E-state index in [1.165, 1.54) is 109 Å². The molecule has 0 amide bonds. The van der Waals surface area contributed by atoms with Crippen LogP contribution in [-0.4, -0.2) is 70.0 Å². The average Bonchev–Trinajstić information content (AvgIpc) is 3.17. The smallest absolute Gasteiger partial charge is 0.306 e. The largest absolute Gasteiger partial charge is 0.756 e. The van der Waals surface area contributed by atoms with E-state index in [1.54, 1.807) is 0 Å². The molecule has 0 saturated carbocycles. The van der Waals surface area contributed by atoms with Crippen LogP contribution in [0, 0.1) is 0 Å². The van der Waals surface area contributed by atoms with Gasteiger partial charge in [0.05, 0.1) is 27.7 Å². The van der Waals surface area contributed by atoms with Gasteiger partial charge in [-0.1, -0.05) is 159 Å². The van der Waals surface area contributed by atoms with Gasteiger partial charge in [-0.25, -0.2) is 0 Å². The number of likely N-dealkylation sites (N-methyl/N-ethyl adjacent to an activating group) is 1. The Morgan fingerprint density at radius 1 is 0.534 bits per heavy atom. The van der Waals surface area contributed by atoms with Crippen LogP contribution < -0.4 is 4.89 Å². The molecule has 9 nitrogen and oxygen atoms in total. The molecule has 0 heterocycles. The molecule has 0 aliphatic heterocycles. The molecular weight excluding hydrogens is 750 g/mol. The van der Waals surface area contributed by atoms with Gasteiger partial charge in [0.15, 0.2) is 6.10 Å². The molecule has 340 valence electrons. The molecule has 0 fully saturated rings. The number of rotatable bonds is 43. The van der Waals surface area contributed by atoms with Crippen molar-refractivity contribution in [3.05, 3.63) is 36.5 Å². The third kappa shape index (κ3) is 43.8. The summed E-state index contributed by atoms with van der Waals surface area (Å²) in [7, 11) is 1.16. The third-order valence-corrected chi connectivity index (χ3v) is 11.1. The monoisotopic (exact) mass is 840 g/mol. The van der Waals surface area contributed by atoms with E-state index in [-0.39, 0.29) is 26.1 Å². The lowest BCUT2D eigenvalue weighted by molar-refractivity contribution is -0.870. The molecule has 2 atom stereocenters. The first-order valence-electron chi connectivity index (χ1n) is 23.7. The minimum Gasteiger partial charge on any atom is -0.756 e. The fraction of sp³-hybridized carbons (Fsp3) is 0.833. The van der Waals surface area contributed by atoms with Gasteiger partial charge < -0.3 is 27.9 Å². The number of phosphoric acid groups is 1. The predicted molar refractivity (Wildman–Crippen MR) is 241 cm³/mol. The zero-order chi connectivity index (χ0) is 42.8. The Hall–Kier alpha value is -1.77. The minimum atomic E-state index is -4.63. The van der Waals surface area contributed by atoms with Gasteiger partial charge >= 0.3 is 11.9 Å². The molecule has 10 heteroatoms. The highest BCUT2D eigenvalue weighted by atomic mass is 31.2. The standard InChI is InChI=1S/C48H90NO8P/c1-6-8-10-12-14-16-18-20-22-23-24-25-27-29-31-33-35-37-39-41-48(51)57-46(45-56-58(52,53)55-43-42-49(3,4)5)44-54-47(50)40-38-36-34-32-30-28-26-21-19-17-15-13-11-9-7-2/h14,16,20,22,28,30,46H,6-13,15,17-19,21,23-27,29,31-45H2,1-5H3/b16-14+,22-20+,30-28+/t46-/m1/s1. The third-order valence-electron chi connectivity index (χ3n) is 10.1. The van der Waals surface area contributed by atoms with Crippen molar-refractivity contribution in [1.29, 1.82) is 0 Å². The molecule has 0 radical (unpaired) electrons. The van der Waals surface area contributed by atoms with Crippen molar-refractivity contribution in [2.45, 2.75) is 213 Å². The summed E-state index contributed by atoms with van der Waals surface area (Å²) in [6.45, 7) is 4.19. The molecule has 0 N–H and O–H groups in total. The Morgan fingerprint density at radius 3 is 1.43 bits per heavy atom. The number of nitrogens with zero attached hydrogens (tertiary/aromatic N) is 1. The van der Waals surface area contributed by atoms with Crippen LogP contribution in [0.4, 0.5) is 0 Å². The zero-order valence-corrected chi connectivity index (χ0v) is 39.1. The Kier molecular flexibility index (Phi) is 39.4. The number of allylic oxidation sites excluding steroid dienone is 6. The maximum atomic E-state index is 12.7. The van der Waals surface area contributed by atoms with E-state index in [0.717, 1.165) is 57.8 Å². The lowest BCUT2D eigenvalue weighted by atomic mass is 10.1. The summed E-state index contributed by atoms with van der Waals surface area (Å²) in [5.41, 5.74) is 0. The summed E-state index contributed by atoms with van der Waals surface area (Å²) in [5, 5.41) is 0. The van der Waals surface area contributed by atoms with E-state index < -0.39 is 32.5 Å². The molecule has 0 aliphatic carbocycles. The van der Waals surface area contributed by atoms with Crippen LogP contribution in [0.3, 0.4) is 0 Å². The number of unbranched alkanes of at least 4 members (excludes halogenated alkanes) is 23. The van der Waals surface area contributed by atoms with E-state index in [0.29, 0.717) is 23.9 Å². The van der Waals surface area contributed by atoms with Crippen molar-refractivity contribution in [1.82, 2.24) is 0 Å². The quantitative estimate of drug-likeness (QED) is 0.0196. The fourth-order valence-electron chi connectivity index (χ4n) is 6.39. The molecule has 1 unspecified atom stereocenters. The normalized spacial score (nSPS) is 13.8. The van der Waals surface area contributed by atoms with Crippen molar-refractivity contribution in [3.8, 4) is 0 Å². The van der Waals surface area contributed by atoms with Crippen molar-refractivity contribution in [2.24, 2.45) is 0 Å². The van der Waals surface area contributed by atoms with Gasteiger partial charge in [-0.2, -0.15) is 0 Å². The molecule has 0 bridgehead atoms. The predicted octanol–water partition coefficient (Wildman–Crippen LogP) is 13.1. The minimum absolute atomic E-state index is 0.0338. The lowest BCUT2D eigenvalue weighted by Crippen LogP contribution is -2.37. The molecular formula is C48H90NO8P. The van der Waals surface area contributed by atoms with Crippen molar-refractivity contribution >= 4 is 19.8 Å². The molecule has 0 aromatic rings. The second-order valence-electron chi connectivity index (χ2n) is 17.1. The van der Waals surface area contributed by atoms with Crippen LogP contribution in [0.2, 0.25) is 0 Å². The van der Waals surface area contributed by atoms with Gasteiger partial charge in [0, 0.05) is 12.8 Å². The summed E-state index contributed by atoms with van der Waals surface area (Å²) >= 11 is 0. The van der Waals surface area contributed by atoms with Crippen molar-refractivity contribution in [3.63, 3.8) is 0 Å². The number of hydrogen-bond donors (Lipinski definition) is 0. The molecule has 0 spiro atoms. The maximum absolute atomic E-state index is 12.7. The van der Waals surface area contributed by atoms with E-state index in [9.17, 15) is 19.0 Å². The van der Waals surface area contributed by atoms with E-state index >= 15 is 0 Å². The fourth-order valence-corrected chi connectivity index (χ4v) is 7.11. The second-order valence-corrected chi connectivity index (χ2v) is 18.5. The Bertz CT molecular complexity index is 1090. The van der Waals surface area contributed by atoms with Gasteiger partial charge in [0.25, 0.3) is 7.82 Å². The highest BCUT2D eigenvalue weighted by molar-refractivity contribution is 7.45. The highest BCUT2D eigenvalue weighted by Crippen LogP contribution is 2.38. The number of hydrogen-bond acceptors (Lipinski definition) is 8. The highest BCUT2D eigenvalue weighted by Gasteiger charge is 2.21. The first kappa shape index (κ1) is 56.2. The number of esters is 2. The number of carbonyl (C=O) groups excluding carboxylic acids is 2. The van der Waals surface area contributed by atoms with E-state index in [1.807, 2.05) is 21.1 Å². The number of ether oxygens (including phenoxy) is 2. The molecule has 0 aliphatic rings. The maximum Gasteiger partial charge on any atom is 0.306 e. The Labute approximate surface area is 357 Å². The summed E-state index contributed by atoms with van der Waals surface area (Å²) in [6.07, 6.45) is 45.9. The number of phosphoric ester groups is 1. The van der Waals surface area contributed by atoms with Crippen molar-refractivity contribution in [2.75, 3.05) is 47.5 Å². The Morgan fingerprint density at radius 2 is 0.931 bits per heavy atom. The van der Waals surface area contributed by atoms with Crippen molar-refractivity contribution < 1.29 is 42.1 Å². The first-order valence-corrected chi connectivity index (χ1v) is 25.2. The van der Waals surface area contributed by atoms with Crippen LogP contribution >= 0.6 is 7.82 Å². The van der Waals surface area contributed by atoms with Crippen LogP contribution in [-0.2, 0) is 32.7 Å². The summed E-state index contributed by atoms with van der Waals surface area (Å²) < 4.78 is 33.9. The van der Waals surface area contributed by atoms with E-state index in [2.05, 4.69) is 50.3 Å². The molecule has 0 aromatic carbocycles. The number of carbonyl (C=O) groups is 2. The van der Waals surface area contributed by atoms with Crippen LogP contribution in [0.25, 0.3) is 0 Å². The van der Waals surface area contributed by atoms with Crippen LogP contribution in [0.1, 0.15) is 206 Å². The topological polar surface area (TPSA) is 111 Å².